The highest BCUT2D eigenvalue weighted by atomic mass is 16.5. The van der Waals surface area contributed by atoms with E-state index in [-0.39, 0.29) is 17.6 Å². The number of benzene rings is 2. The minimum Gasteiger partial charge on any atom is -0.378 e. The van der Waals surface area contributed by atoms with Crippen LogP contribution in [0.2, 0.25) is 0 Å². The van der Waals surface area contributed by atoms with Crippen LogP contribution in [0.3, 0.4) is 0 Å². The van der Waals surface area contributed by atoms with Gasteiger partial charge in [0.25, 0.3) is 0 Å². The number of rotatable bonds is 9. The number of hydrogen-bond acceptors (Lipinski definition) is 6. The van der Waals surface area contributed by atoms with Crippen molar-refractivity contribution in [2.45, 2.75) is 38.1 Å². The Kier molecular flexibility index (Phi) is 9.00. The first-order chi connectivity index (χ1) is 17.9. The second-order valence-corrected chi connectivity index (χ2v) is 10.5. The molecule has 0 spiro atoms. The number of anilines is 1. The van der Waals surface area contributed by atoms with Crippen molar-refractivity contribution in [2.75, 3.05) is 71.5 Å². The van der Waals surface area contributed by atoms with E-state index in [0.29, 0.717) is 39.1 Å². The molecule has 4 rings (SSSR count). The van der Waals surface area contributed by atoms with Crippen LogP contribution in [0.15, 0.2) is 48.5 Å². The van der Waals surface area contributed by atoms with Gasteiger partial charge in [0.05, 0.1) is 24.7 Å². The van der Waals surface area contributed by atoms with Gasteiger partial charge in [-0.25, -0.2) is 0 Å². The first-order valence-electron chi connectivity index (χ1n) is 13.6. The van der Waals surface area contributed by atoms with Crippen molar-refractivity contribution in [3.8, 4) is 0 Å². The maximum Gasteiger partial charge on any atom is 0.229 e. The first-order valence-corrected chi connectivity index (χ1v) is 13.6. The highest BCUT2D eigenvalue weighted by Gasteiger charge is 2.39. The molecule has 7 nitrogen and oxygen atoms in total. The molecule has 37 heavy (non-hydrogen) atoms. The summed E-state index contributed by atoms with van der Waals surface area (Å²) in [5.41, 5.74) is 3.36. The molecule has 2 aliphatic rings. The largest absolute Gasteiger partial charge is 0.378 e. The molecule has 2 saturated heterocycles. The van der Waals surface area contributed by atoms with Gasteiger partial charge >= 0.3 is 0 Å². The van der Waals surface area contributed by atoms with Gasteiger partial charge in [-0.15, -0.1) is 0 Å². The van der Waals surface area contributed by atoms with E-state index >= 15 is 0 Å². The lowest BCUT2D eigenvalue weighted by molar-refractivity contribution is -0.136. The van der Waals surface area contributed by atoms with Gasteiger partial charge in [-0.05, 0) is 69.3 Å². The van der Waals surface area contributed by atoms with E-state index in [1.165, 1.54) is 5.69 Å². The number of amides is 1. The molecule has 7 heteroatoms. The first kappa shape index (κ1) is 27.3. The van der Waals surface area contributed by atoms with E-state index in [1.54, 1.807) is 0 Å². The summed E-state index contributed by atoms with van der Waals surface area (Å²) in [6.45, 7) is 10.5. The van der Waals surface area contributed by atoms with Crippen LogP contribution >= 0.6 is 0 Å². The molecule has 2 fully saturated rings. The van der Waals surface area contributed by atoms with Crippen LogP contribution in [0, 0.1) is 0 Å². The third-order valence-electron chi connectivity index (χ3n) is 8.14. The van der Waals surface area contributed by atoms with E-state index in [2.05, 4.69) is 46.3 Å². The second-order valence-electron chi connectivity index (χ2n) is 10.5. The van der Waals surface area contributed by atoms with Crippen molar-refractivity contribution in [1.82, 2.24) is 15.1 Å². The number of ketones is 1. The number of piperazine rings is 1. The fourth-order valence-electron chi connectivity index (χ4n) is 5.52. The zero-order valence-electron chi connectivity index (χ0n) is 22.8. The highest BCUT2D eigenvalue weighted by Crippen LogP contribution is 2.30. The molecule has 0 aliphatic carbocycles. The van der Waals surface area contributed by atoms with Crippen LogP contribution in [-0.4, -0.2) is 93.6 Å². The second kappa shape index (κ2) is 12.2. The molecule has 2 atom stereocenters. The molecule has 0 radical (unpaired) electrons. The highest BCUT2D eigenvalue weighted by molar-refractivity contribution is 6.03. The Labute approximate surface area is 221 Å². The molecular formula is C30H42N4O3. The van der Waals surface area contributed by atoms with Crippen LogP contribution in [0.1, 0.15) is 47.7 Å². The molecule has 200 valence electrons. The Balaban J connectivity index is 1.49. The number of hydrogen-bond donors (Lipinski definition) is 1. The summed E-state index contributed by atoms with van der Waals surface area (Å²) in [6.07, 6.45) is 1.31. The van der Waals surface area contributed by atoms with Crippen LogP contribution in [0.25, 0.3) is 0 Å². The molecule has 2 aliphatic heterocycles. The number of morpholine rings is 1. The average molecular weight is 507 g/mol. The van der Waals surface area contributed by atoms with E-state index < -0.39 is 5.54 Å². The van der Waals surface area contributed by atoms with Crippen molar-refractivity contribution >= 4 is 17.4 Å². The van der Waals surface area contributed by atoms with Crippen molar-refractivity contribution < 1.29 is 14.3 Å². The number of Topliss-reactive ketones (excluding diaryl/α,β-unsaturated/α-hetero) is 1. The number of carbonyl (C=O) groups is 2. The molecule has 2 aromatic carbocycles. The summed E-state index contributed by atoms with van der Waals surface area (Å²) in [4.78, 5) is 33.2. The van der Waals surface area contributed by atoms with Gasteiger partial charge < -0.3 is 19.9 Å². The standard InChI is InChI=1S/C30H42N4O3/c1-5-30(32(3)4,28(35)26-10-12-27(13-11-26)33-16-14-31-15-17-33)22-24-6-8-25(9-7-24)23(2)29(36)34-18-20-37-21-19-34/h6-13,23,31H,5,14-22H2,1-4H3. The zero-order chi connectivity index (χ0) is 26.4. The Bertz CT molecular complexity index is 1040. The molecule has 2 heterocycles. The molecule has 1 amide bonds. The van der Waals surface area contributed by atoms with E-state index in [4.69, 9.17) is 4.74 Å². The third-order valence-corrected chi connectivity index (χ3v) is 8.14. The quantitative estimate of drug-likeness (QED) is 0.527. The van der Waals surface area contributed by atoms with Crippen molar-refractivity contribution in [3.05, 3.63) is 65.2 Å². The molecule has 2 aromatic rings. The Morgan fingerprint density at radius 2 is 1.59 bits per heavy atom. The maximum atomic E-state index is 13.9. The molecular weight excluding hydrogens is 464 g/mol. The van der Waals surface area contributed by atoms with E-state index in [0.717, 1.165) is 42.9 Å². The van der Waals surface area contributed by atoms with Gasteiger partial charge in [0.2, 0.25) is 5.91 Å². The number of nitrogens with one attached hydrogen (secondary N) is 1. The lowest BCUT2D eigenvalue weighted by Gasteiger charge is -2.38. The van der Waals surface area contributed by atoms with Gasteiger partial charge in [0.15, 0.2) is 5.78 Å². The predicted molar refractivity (Wildman–Crippen MR) is 149 cm³/mol. The van der Waals surface area contributed by atoms with Gasteiger partial charge in [-0.1, -0.05) is 31.2 Å². The average Bonchev–Trinajstić information content (AvgIpc) is 2.96. The lowest BCUT2D eigenvalue weighted by atomic mass is 9.80. The fourth-order valence-corrected chi connectivity index (χ4v) is 5.52. The molecule has 2 unspecified atom stereocenters. The van der Waals surface area contributed by atoms with Crippen LogP contribution in [-0.2, 0) is 16.0 Å². The normalized spacial score (nSPS) is 18.9. The molecule has 1 N–H and O–H groups in total. The molecule has 0 saturated carbocycles. The van der Waals surface area contributed by atoms with E-state index in [9.17, 15) is 9.59 Å². The van der Waals surface area contributed by atoms with Gasteiger partial charge in [0.1, 0.15) is 0 Å². The topological polar surface area (TPSA) is 65.1 Å². The van der Waals surface area contributed by atoms with Gasteiger partial charge in [-0.2, -0.15) is 0 Å². The summed E-state index contributed by atoms with van der Waals surface area (Å²) in [5, 5.41) is 3.38. The van der Waals surface area contributed by atoms with Crippen molar-refractivity contribution in [2.24, 2.45) is 0 Å². The summed E-state index contributed by atoms with van der Waals surface area (Å²) in [5.74, 6) is 0.0891. The minimum absolute atomic E-state index is 0.145. The molecule has 0 bridgehead atoms. The fraction of sp³-hybridized carbons (Fsp3) is 0.533. The number of ether oxygens (including phenoxy) is 1. The summed E-state index contributed by atoms with van der Waals surface area (Å²) >= 11 is 0. The number of likely N-dealkylation sites (N-methyl/N-ethyl adjacent to an activating group) is 1. The van der Waals surface area contributed by atoms with Crippen LogP contribution in [0.4, 0.5) is 5.69 Å². The van der Waals surface area contributed by atoms with Crippen molar-refractivity contribution in [3.63, 3.8) is 0 Å². The minimum atomic E-state index is -0.646. The van der Waals surface area contributed by atoms with E-state index in [1.807, 2.05) is 50.2 Å². The number of carbonyl (C=O) groups excluding carboxylic acids is 2. The Morgan fingerprint density at radius 1 is 0.973 bits per heavy atom. The maximum absolute atomic E-state index is 13.9. The lowest BCUT2D eigenvalue weighted by Crippen LogP contribution is -2.52. The van der Waals surface area contributed by atoms with Crippen LogP contribution < -0.4 is 10.2 Å². The summed E-state index contributed by atoms with van der Waals surface area (Å²) in [6, 6.07) is 16.4. The Morgan fingerprint density at radius 3 is 2.16 bits per heavy atom. The molecule has 0 aromatic heterocycles. The predicted octanol–water partition coefficient (Wildman–Crippen LogP) is 3.19. The van der Waals surface area contributed by atoms with Crippen molar-refractivity contribution in [1.29, 1.82) is 0 Å². The zero-order valence-corrected chi connectivity index (χ0v) is 22.8. The smallest absolute Gasteiger partial charge is 0.229 e. The van der Waals surface area contributed by atoms with Gasteiger partial charge in [0, 0.05) is 50.5 Å². The monoisotopic (exact) mass is 506 g/mol. The number of nitrogens with zero attached hydrogens (tertiary/aromatic N) is 3. The van der Waals surface area contributed by atoms with Crippen LogP contribution in [0.5, 0.6) is 0 Å². The summed E-state index contributed by atoms with van der Waals surface area (Å²) in [7, 11) is 3.99. The SMILES string of the molecule is CCC(Cc1ccc(C(C)C(=O)N2CCOCC2)cc1)(C(=O)c1ccc(N2CCNCC2)cc1)N(C)C. The summed E-state index contributed by atoms with van der Waals surface area (Å²) < 4.78 is 5.38. The third kappa shape index (κ3) is 6.06. The Hall–Kier alpha value is -2.74. The van der Waals surface area contributed by atoms with Gasteiger partial charge in [-0.3, -0.25) is 14.5 Å².